The molecular formula is C16H19ClN2S. The van der Waals surface area contributed by atoms with Gasteiger partial charge in [-0.1, -0.05) is 30.9 Å². The second-order valence-corrected chi connectivity index (χ2v) is 7.48. The molecule has 1 saturated carbocycles. The van der Waals surface area contributed by atoms with Gasteiger partial charge in [-0.25, -0.2) is 4.98 Å². The van der Waals surface area contributed by atoms with Crippen molar-refractivity contribution in [1.82, 2.24) is 4.98 Å². The van der Waals surface area contributed by atoms with Gasteiger partial charge in [-0.15, -0.1) is 11.3 Å². The molecule has 2 heterocycles. The van der Waals surface area contributed by atoms with Crippen molar-refractivity contribution >= 4 is 38.8 Å². The van der Waals surface area contributed by atoms with E-state index in [2.05, 4.69) is 10.3 Å². The maximum atomic E-state index is 6.22. The number of thiophene rings is 1. The number of aryl methyl sites for hydroxylation is 2. The summed E-state index contributed by atoms with van der Waals surface area (Å²) in [6.07, 6.45) is 10.4. The number of rotatable bonds is 2. The van der Waals surface area contributed by atoms with Crippen LogP contribution in [0.2, 0.25) is 5.15 Å². The lowest BCUT2D eigenvalue weighted by Crippen LogP contribution is -2.22. The van der Waals surface area contributed by atoms with Crippen molar-refractivity contribution in [1.29, 1.82) is 0 Å². The van der Waals surface area contributed by atoms with E-state index in [4.69, 9.17) is 11.6 Å². The molecule has 0 saturated heterocycles. The fourth-order valence-corrected chi connectivity index (χ4v) is 5.18. The van der Waals surface area contributed by atoms with Gasteiger partial charge in [0.2, 0.25) is 0 Å². The van der Waals surface area contributed by atoms with Crippen LogP contribution < -0.4 is 5.32 Å². The van der Waals surface area contributed by atoms with Gasteiger partial charge < -0.3 is 5.32 Å². The van der Waals surface area contributed by atoms with Gasteiger partial charge in [0, 0.05) is 22.0 Å². The summed E-state index contributed by atoms with van der Waals surface area (Å²) in [5.74, 6) is 0. The average molecular weight is 307 g/mol. The second kappa shape index (κ2) is 5.19. The highest BCUT2D eigenvalue weighted by Crippen LogP contribution is 2.41. The Hall–Kier alpha value is -0.800. The van der Waals surface area contributed by atoms with E-state index in [-0.39, 0.29) is 0 Å². The largest absolute Gasteiger partial charge is 0.382 e. The molecule has 2 nitrogen and oxygen atoms in total. The van der Waals surface area contributed by atoms with Gasteiger partial charge in [0.05, 0.1) is 0 Å². The Kier molecular flexibility index (Phi) is 3.35. The Morgan fingerprint density at radius 1 is 1.15 bits per heavy atom. The summed E-state index contributed by atoms with van der Waals surface area (Å²) < 4.78 is 0. The summed E-state index contributed by atoms with van der Waals surface area (Å²) in [4.78, 5) is 7.19. The van der Waals surface area contributed by atoms with Crippen molar-refractivity contribution in [2.24, 2.45) is 0 Å². The highest BCUT2D eigenvalue weighted by Gasteiger charge is 2.22. The van der Waals surface area contributed by atoms with E-state index in [0.717, 1.165) is 4.83 Å². The highest BCUT2D eigenvalue weighted by molar-refractivity contribution is 7.19. The summed E-state index contributed by atoms with van der Waals surface area (Å²) in [6, 6.07) is 2.64. The topological polar surface area (TPSA) is 24.9 Å². The Morgan fingerprint density at radius 2 is 2.00 bits per heavy atom. The molecule has 2 aliphatic carbocycles. The minimum Gasteiger partial charge on any atom is -0.382 e. The standard InChI is InChI=1S/C16H19ClN2S/c17-14-9-12(18-10-5-2-1-3-6-10)15-11-7-4-8-13(11)20-16(15)19-14/h9-10H,1-8H2,(H,18,19). The van der Waals surface area contributed by atoms with E-state index >= 15 is 0 Å². The van der Waals surface area contributed by atoms with Crippen LogP contribution in [0.1, 0.15) is 49.0 Å². The number of hydrogen-bond donors (Lipinski definition) is 1. The predicted octanol–water partition coefficient (Wildman–Crippen LogP) is 5.18. The molecule has 1 fully saturated rings. The van der Waals surface area contributed by atoms with Crippen LogP contribution in [0.25, 0.3) is 10.2 Å². The molecule has 0 aliphatic heterocycles. The molecule has 0 aromatic carbocycles. The smallest absolute Gasteiger partial charge is 0.132 e. The van der Waals surface area contributed by atoms with E-state index in [9.17, 15) is 0 Å². The van der Waals surface area contributed by atoms with Crippen LogP contribution in [0, 0.1) is 0 Å². The first-order valence-corrected chi connectivity index (χ1v) is 8.88. The first kappa shape index (κ1) is 12.9. The zero-order valence-corrected chi connectivity index (χ0v) is 13.1. The third-order valence-corrected chi connectivity index (χ3v) is 5.99. The molecule has 2 aromatic heterocycles. The minimum atomic E-state index is 0.613. The lowest BCUT2D eigenvalue weighted by molar-refractivity contribution is 0.463. The van der Waals surface area contributed by atoms with Crippen molar-refractivity contribution in [3.05, 3.63) is 21.7 Å². The molecular weight excluding hydrogens is 288 g/mol. The minimum absolute atomic E-state index is 0.613. The second-order valence-electron chi connectivity index (χ2n) is 6.01. The molecule has 1 N–H and O–H groups in total. The molecule has 0 amide bonds. The monoisotopic (exact) mass is 306 g/mol. The SMILES string of the molecule is Clc1cc(NC2CCCCC2)c2c3c(sc2n1)CCC3. The van der Waals surface area contributed by atoms with Gasteiger partial charge in [-0.3, -0.25) is 0 Å². The van der Waals surface area contributed by atoms with Crippen LogP contribution in [0.5, 0.6) is 0 Å². The van der Waals surface area contributed by atoms with Crippen molar-refractivity contribution in [3.63, 3.8) is 0 Å². The predicted molar refractivity (Wildman–Crippen MR) is 87.2 cm³/mol. The molecule has 0 unspecified atom stereocenters. The number of aromatic nitrogens is 1. The van der Waals surface area contributed by atoms with Crippen molar-refractivity contribution in [3.8, 4) is 0 Å². The number of nitrogens with one attached hydrogen (secondary N) is 1. The van der Waals surface area contributed by atoms with Crippen LogP contribution in [0.15, 0.2) is 6.07 Å². The van der Waals surface area contributed by atoms with Gasteiger partial charge in [0.15, 0.2) is 0 Å². The van der Waals surface area contributed by atoms with Gasteiger partial charge in [-0.05, 0) is 43.7 Å². The number of fused-ring (bicyclic) bond motifs is 3. The van der Waals surface area contributed by atoms with Crippen molar-refractivity contribution < 1.29 is 0 Å². The fourth-order valence-electron chi connectivity index (χ4n) is 3.65. The Balaban J connectivity index is 1.76. The molecule has 2 aliphatic rings. The molecule has 0 spiro atoms. The zero-order valence-electron chi connectivity index (χ0n) is 11.5. The first-order valence-electron chi connectivity index (χ1n) is 7.68. The molecule has 0 radical (unpaired) electrons. The van der Waals surface area contributed by atoms with Gasteiger partial charge in [0.1, 0.15) is 9.98 Å². The normalized spacial score (nSPS) is 19.4. The summed E-state index contributed by atoms with van der Waals surface area (Å²) in [5, 5.41) is 5.74. The Morgan fingerprint density at radius 3 is 2.85 bits per heavy atom. The molecule has 4 rings (SSSR count). The highest BCUT2D eigenvalue weighted by atomic mass is 35.5. The van der Waals surface area contributed by atoms with E-state index in [1.54, 1.807) is 0 Å². The quantitative estimate of drug-likeness (QED) is 0.773. The van der Waals surface area contributed by atoms with Gasteiger partial charge in [-0.2, -0.15) is 0 Å². The molecule has 106 valence electrons. The molecule has 20 heavy (non-hydrogen) atoms. The molecule has 2 aromatic rings. The molecule has 0 atom stereocenters. The fraction of sp³-hybridized carbons (Fsp3) is 0.562. The van der Waals surface area contributed by atoms with Crippen LogP contribution >= 0.6 is 22.9 Å². The van der Waals surface area contributed by atoms with E-state index < -0.39 is 0 Å². The van der Waals surface area contributed by atoms with Crippen LogP contribution in [-0.4, -0.2) is 11.0 Å². The summed E-state index contributed by atoms with van der Waals surface area (Å²) in [6.45, 7) is 0. The Bertz CT molecular complexity index is 643. The van der Waals surface area contributed by atoms with Crippen LogP contribution in [0.3, 0.4) is 0 Å². The third kappa shape index (κ3) is 2.21. The van der Waals surface area contributed by atoms with Gasteiger partial charge in [0.25, 0.3) is 0 Å². The lowest BCUT2D eigenvalue weighted by Gasteiger charge is -2.24. The maximum Gasteiger partial charge on any atom is 0.132 e. The van der Waals surface area contributed by atoms with Crippen LogP contribution in [0.4, 0.5) is 5.69 Å². The number of pyridine rings is 1. The van der Waals surface area contributed by atoms with Gasteiger partial charge >= 0.3 is 0 Å². The van der Waals surface area contributed by atoms with E-state index in [1.165, 1.54) is 72.9 Å². The third-order valence-electron chi connectivity index (χ3n) is 4.61. The molecule has 0 bridgehead atoms. The number of halogens is 1. The molecule has 4 heteroatoms. The maximum absolute atomic E-state index is 6.22. The van der Waals surface area contributed by atoms with Crippen LogP contribution in [-0.2, 0) is 12.8 Å². The number of hydrogen-bond acceptors (Lipinski definition) is 3. The van der Waals surface area contributed by atoms with Crippen molar-refractivity contribution in [2.75, 3.05) is 5.32 Å². The summed E-state index contributed by atoms with van der Waals surface area (Å²) >= 11 is 8.06. The number of nitrogens with zero attached hydrogens (tertiary/aromatic N) is 1. The average Bonchev–Trinajstić information content (AvgIpc) is 2.99. The van der Waals surface area contributed by atoms with E-state index in [0.29, 0.717) is 11.2 Å². The summed E-state index contributed by atoms with van der Waals surface area (Å²) in [5.41, 5.74) is 2.76. The summed E-state index contributed by atoms with van der Waals surface area (Å²) in [7, 11) is 0. The number of anilines is 1. The Labute approximate surface area is 128 Å². The zero-order chi connectivity index (χ0) is 13.5. The first-order chi connectivity index (χ1) is 9.81. The van der Waals surface area contributed by atoms with Crippen molar-refractivity contribution in [2.45, 2.75) is 57.4 Å². The lowest BCUT2D eigenvalue weighted by atomic mass is 9.95. The van der Waals surface area contributed by atoms with E-state index in [1.807, 2.05) is 17.4 Å².